The Morgan fingerprint density at radius 3 is 2.42 bits per heavy atom. The molecule has 1 saturated heterocycles. The average molecular weight is 368 g/mol. The first-order chi connectivity index (χ1) is 12.1. The molecule has 1 aliphatic rings. The molecule has 2 rings (SSSR count). The van der Waals surface area contributed by atoms with Crippen molar-refractivity contribution >= 4 is 14.2 Å². The van der Waals surface area contributed by atoms with Crippen LogP contribution in [-0.2, 0) is 9.22 Å². The lowest BCUT2D eigenvalue weighted by Gasteiger charge is -2.48. The van der Waals surface area contributed by atoms with E-state index >= 15 is 0 Å². The van der Waals surface area contributed by atoms with Gasteiger partial charge in [0, 0.05) is 5.56 Å². The van der Waals surface area contributed by atoms with Gasteiger partial charge in [-0.25, -0.2) is 0 Å². The second-order valence-corrected chi connectivity index (χ2v) is 13.1. The number of benzene rings is 1. The summed E-state index contributed by atoms with van der Waals surface area (Å²) < 4.78 is 6.46. The molecule has 1 aromatic rings. The first-order valence-electron chi connectivity index (χ1n) is 9.07. The number of likely N-dealkylation sites (tertiary alicyclic amines) is 1. The Morgan fingerprint density at radius 2 is 1.88 bits per heavy atom. The third kappa shape index (κ3) is 4.21. The molecular formula is C22H29NO2Si. The number of rotatable bonds is 4. The summed E-state index contributed by atoms with van der Waals surface area (Å²) in [7, 11) is -1.96. The second kappa shape index (κ2) is 7.70. The van der Waals surface area contributed by atoms with Gasteiger partial charge in [-0.2, -0.15) is 0 Å². The molecule has 1 heterocycles. The maximum absolute atomic E-state index is 12.6. The number of hydrogen-bond acceptors (Lipinski definition) is 2. The quantitative estimate of drug-likeness (QED) is 0.459. The summed E-state index contributed by atoms with van der Waals surface area (Å²) >= 11 is 0. The normalized spacial score (nSPS) is 21.3. The van der Waals surface area contributed by atoms with Gasteiger partial charge in [-0.15, -0.1) is 6.42 Å². The molecule has 1 aliphatic heterocycles. The minimum Gasteiger partial charge on any atom is -0.413 e. The zero-order valence-corrected chi connectivity index (χ0v) is 17.7. The second-order valence-electron chi connectivity index (χ2n) is 8.36. The SMILES string of the molecule is C#CCN1C(=O)[C@H]([C@@H](C)O[Si](C)(C)C(C)(C)C)[C@H]1C#Cc1ccccc1. The molecule has 26 heavy (non-hydrogen) atoms. The van der Waals surface area contributed by atoms with Crippen LogP contribution in [0, 0.1) is 30.1 Å². The number of nitrogens with zero attached hydrogens (tertiary/aromatic N) is 1. The highest BCUT2D eigenvalue weighted by Gasteiger charge is 2.51. The van der Waals surface area contributed by atoms with Crippen molar-refractivity contribution in [3.63, 3.8) is 0 Å². The molecule has 138 valence electrons. The van der Waals surface area contributed by atoms with Crippen molar-refractivity contribution in [3.05, 3.63) is 35.9 Å². The Labute approximate surface area is 159 Å². The van der Waals surface area contributed by atoms with Crippen LogP contribution in [0.1, 0.15) is 33.3 Å². The van der Waals surface area contributed by atoms with Gasteiger partial charge >= 0.3 is 0 Å². The average Bonchev–Trinajstić information content (AvgIpc) is 2.55. The highest BCUT2D eigenvalue weighted by atomic mass is 28.4. The molecule has 0 bridgehead atoms. The van der Waals surface area contributed by atoms with Gasteiger partial charge in [-0.05, 0) is 37.2 Å². The molecule has 0 aromatic heterocycles. The fourth-order valence-electron chi connectivity index (χ4n) is 2.87. The summed E-state index contributed by atoms with van der Waals surface area (Å²) in [6, 6.07) is 9.60. The van der Waals surface area contributed by atoms with E-state index in [1.807, 2.05) is 37.3 Å². The molecule has 1 amide bonds. The monoisotopic (exact) mass is 367 g/mol. The molecule has 0 aliphatic carbocycles. The molecule has 0 unspecified atom stereocenters. The standard InChI is InChI=1S/C22H29NO2Si/c1-8-16-23-19(15-14-18-12-10-9-11-13-18)20(21(23)24)17(2)25-26(6,7)22(3,4)5/h1,9-13,17,19-20H,16H2,2-7H3/t17-,19-,20-/m1/s1. The van der Waals surface area contributed by atoms with Crippen LogP contribution in [0.25, 0.3) is 0 Å². The van der Waals surface area contributed by atoms with Crippen molar-refractivity contribution in [3.8, 4) is 24.2 Å². The van der Waals surface area contributed by atoms with Gasteiger partial charge in [0.15, 0.2) is 8.32 Å². The van der Waals surface area contributed by atoms with Crippen LogP contribution in [-0.4, -0.2) is 37.8 Å². The highest BCUT2D eigenvalue weighted by Crippen LogP contribution is 2.40. The number of terminal acetylenes is 1. The Bertz CT molecular complexity index is 746. The van der Waals surface area contributed by atoms with Gasteiger partial charge in [0.05, 0.1) is 18.6 Å². The van der Waals surface area contributed by atoms with Gasteiger partial charge < -0.3 is 9.33 Å². The number of hydrogen-bond donors (Lipinski definition) is 0. The van der Waals surface area contributed by atoms with Gasteiger partial charge in [0.25, 0.3) is 0 Å². The largest absolute Gasteiger partial charge is 0.413 e. The summed E-state index contributed by atoms with van der Waals surface area (Å²) in [5, 5.41) is 0.0950. The molecule has 0 radical (unpaired) electrons. The number of β-lactam (4-membered cyclic amide) rings is 1. The highest BCUT2D eigenvalue weighted by molar-refractivity contribution is 6.74. The Hall–Kier alpha value is -2.01. The first kappa shape index (κ1) is 20.3. The smallest absolute Gasteiger partial charge is 0.233 e. The van der Waals surface area contributed by atoms with E-state index in [0.29, 0.717) is 0 Å². The van der Waals surface area contributed by atoms with Gasteiger partial charge in [0.2, 0.25) is 5.91 Å². The fourth-order valence-corrected chi connectivity index (χ4v) is 4.30. The summed E-state index contributed by atoms with van der Waals surface area (Å²) in [6.45, 7) is 13.3. The van der Waals surface area contributed by atoms with Crippen LogP contribution in [0.3, 0.4) is 0 Å². The third-order valence-electron chi connectivity index (χ3n) is 5.44. The minimum absolute atomic E-state index is 0.0431. The summed E-state index contributed by atoms with van der Waals surface area (Å²) in [6.07, 6.45) is 5.26. The van der Waals surface area contributed by atoms with Crippen LogP contribution in [0.2, 0.25) is 18.1 Å². The van der Waals surface area contributed by atoms with Crippen molar-refractivity contribution in [1.82, 2.24) is 4.90 Å². The topological polar surface area (TPSA) is 29.5 Å². The molecule has 0 spiro atoms. The summed E-state index contributed by atoms with van der Waals surface area (Å²) in [4.78, 5) is 14.3. The van der Waals surface area contributed by atoms with Crippen LogP contribution >= 0.6 is 0 Å². The van der Waals surface area contributed by atoms with Crippen LogP contribution < -0.4 is 0 Å². The Kier molecular flexibility index (Phi) is 6.01. The zero-order valence-electron chi connectivity index (χ0n) is 16.7. The van der Waals surface area contributed by atoms with E-state index in [9.17, 15) is 4.79 Å². The maximum atomic E-state index is 12.6. The molecule has 1 aromatic carbocycles. The lowest BCUT2D eigenvalue weighted by atomic mass is 9.83. The van der Waals surface area contributed by atoms with Gasteiger partial charge in [-0.3, -0.25) is 4.79 Å². The molecule has 1 fully saturated rings. The van der Waals surface area contributed by atoms with Gasteiger partial charge in [-0.1, -0.05) is 56.7 Å². The van der Waals surface area contributed by atoms with Crippen molar-refractivity contribution in [1.29, 1.82) is 0 Å². The number of amides is 1. The van der Waals surface area contributed by atoms with E-state index in [4.69, 9.17) is 10.8 Å². The van der Waals surface area contributed by atoms with Crippen LogP contribution in [0.5, 0.6) is 0 Å². The van der Waals surface area contributed by atoms with E-state index in [1.54, 1.807) is 4.90 Å². The number of carbonyl (C=O) groups excluding carboxylic acids is 1. The van der Waals surface area contributed by atoms with E-state index < -0.39 is 8.32 Å². The van der Waals surface area contributed by atoms with E-state index in [1.165, 1.54) is 0 Å². The number of carbonyl (C=O) groups is 1. The van der Waals surface area contributed by atoms with E-state index in [2.05, 4.69) is 51.6 Å². The molecular weight excluding hydrogens is 338 g/mol. The lowest BCUT2D eigenvalue weighted by Crippen LogP contribution is -2.65. The van der Waals surface area contributed by atoms with Crippen molar-refractivity contribution < 1.29 is 9.22 Å². The third-order valence-corrected chi connectivity index (χ3v) is 10.0. The lowest BCUT2D eigenvalue weighted by molar-refractivity contribution is -0.157. The molecule has 3 atom stereocenters. The van der Waals surface area contributed by atoms with E-state index in [-0.39, 0.29) is 35.6 Å². The zero-order chi connectivity index (χ0) is 19.5. The van der Waals surface area contributed by atoms with Crippen molar-refractivity contribution in [2.24, 2.45) is 5.92 Å². The minimum atomic E-state index is -1.96. The summed E-state index contributed by atoms with van der Waals surface area (Å²) in [5.74, 6) is 8.78. The Balaban J connectivity index is 2.21. The molecule has 3 nitrogen and oxygen atoms in total. The van der Waals surface area contributed by atoms with Crippen LogP contribution in [0.4, 0.5) is 0 Å². The molecule has 4 heteroatoms. The Morgan fingerprint density at radius 1 is 1.27 bits per heavy atom. The van der Waals surface area contributed by atoms with Crippen LogP contribution in [0.15, 0.2) is 30.3 Å². The molecule has 0 saturated carbocycles. The predicted octanol–water partition coefficient (Wildman–Crippen LogP) is 3.91. The fraction of sp³-hybridized carbons (Fsp3) is 0.500. The molecule has 0 N–H and O–H groups in total. The summed E-state index contributed by atoms with van der Waals surface area (Å²) in [5.41, 5.74) is 0.934. The van der Waals surface area contributed by atoms with Crippen molar-refractivity contribution in [2.75, 3.05) is 6.54 Å². The van der Waals surface area contributed by atoms with Crippen molar-refractivity contribution in [2.45, 2.75) is 58.0 Å². The first-order valence-corrected chi connectivity index (χ1v) is 12.0. The van der Waals surface area contributed by atoms with E-state index in [0.717, 1.165) is 5.56 Å². The van der Waals surface area contributed by atoms with Gasteiger partial charge in [0.1, 0.15) is 6.04 Å². The predicted molar refractivity (Wildman–Crippen MR) is 109 cm³/mol. The maximum Gasteiger partial charge on any atom is 0.233 e.